The first-order valence-electron chi connectivity index (χ1n) is 11.6. The van der Waals surface area contributed by atoms with E-state index in [1.54, 1.807) is 0 Å². The molecule has 1 fully saturated rings. The number of alkyl halides is 3. The van der Waals surface area contributed by atoms with Gasteiger partial charge in [0.1, 0.15) is 16.4 Å². The van der Waals surface area contributed by atoms with Gasteiger partial charge in [0.05, 0.1) is 17.3 Å². The lowest BCUT2D eigenvalue weighted by Gasteiger charge is -2.26. The topological polar surface area (TPSA) is 88.9 Å². The summed E-state index contributed by atoms with van der Waals surface area (Å²) in [4.78, 5) is 4.00. The molecule has 7 nitrogen and oxygen atoms in total. The zero-order valence-electron chi connectivity index (χ0n) is 19.4. The molecule has 2 aliphatic rings. The highest BCUT2D eigenvalue weighted by Gasteiger charge is 2.56. The number of sulfonamides is 1. The minimum Gasteiger partial charge on any atom is -0.363 e. The maximum absolute atomic E-state index is 13.0. The van der Waals surface area contributed by atoms with Crippen LogP contribution in [0.2, 0.25) is 5.02 Å². The monoisotopic (exact) mass is 539 g/mol. The highest BCUT2D eigenvalue weighted by atomic mass is 35.5. The Kier molecular flexibility index (Phi) is 6.29. The van der Waals surface area contributed by atoms with Crippen molar-refractivity contribution in [2.24, 2.45) is 13.0 Å². The van der Waals surface area contributed by atoms with Gasteiger partial charge in [0, 0.05) is 25.2 Å². The molecule has 2 aromatic heterocycles. The normalized spacial score (nSPS) is 21.4. The molecule has 1 aromatic carbocycles. The Morgan fingerprint density at radius 2 is 2.03 bits per heavy atom. The van der Waals surface area contributed by atoms with E-state index in [0.717, 1.165) is 36.4 Å². The van der Waals surface area contributed by atoms with Gasteiger partial charge in [0.25, 0.3) is 0 Å². The predicted octanol–water partition coefficient (Wildman–Crippen LogP) is 4.67. The molecule has 2 N–H and O–H groups in total. The number of anilines is 1. The molecule has 3 aromatic rings. The Bertz CT molecular complexity index is 1410. The smallest absolute Gasteiger partial charge is 0.363 e. The van der Waals surface area contributed by atoms with Gasteiger partial charge >= 0.3 is 6.18 Å². The van der Waals surface area contributed by atoms with Crippen LogP contribution in [0.3, 0.4) is 0 Å². The highest BCUT2D eigenvalue weighted by Crippen LogP contribution is 2.60. The van der Waals surface area contributed by atoms with E-state index in [9.17, 15) is 21.6 Å². The zero-order valence-corrected chi connectivity index (χ0v) is 21.0. The van der Waals surface area contributed by atoms with Crippen molar-refractivity contribution in [1.29, 1.82) is 0 Å². The van der Waals surface area contributed by atoms with Crippen molar-refractivity contribution in [2.75, 3.05) is 11.9 Å². The number of nitrogens with one attached hydrogen (secondary N) is 2. The lowest BCUT2D eigenvalue weighted by Crippen LogP contribution is -2.29. The van der Waals surface area contributed by atoms with Crippen molar-refractivity contribution in [3.05, 3.63) is 70.1 Å². The van der Waals surface area contributed by atoms with Gasteiger partial charge < -0.3 is 5.32 Å². The van der Waals surface area contributed by atoms with E-state index in [1.165, 1.54) is 30.4 Å². The Labute approximate surface area is 212 Å². The minimum atomic E-state index is -4.51. The van der Waals surface area contributed by atoms with E-state index in [0.29, 0.717) is 6.54 Å². The van der Waals surface area contributed by atoms with E-state index >= 15 is 0 Å². The number of hydrogen-bond donors (Lipinski definition) is 2. The number of hydrogen-bond acceptors (Lipinski definition) is 5. The van der Waals surface area contributed by atoms with E-state index in [4.69, 9.17) is 11.6 Å². The summed E-state index contributed by atoms with van der Waals surface area (Å²) in [6, 6.07) is 10.6. The standard InChI is InChI=1S/C24H25ClF3N5O2S/c1-33-21(24(26,27)28)9-17(32-33)13-29-22-20(25)10-18(14-30-22)36(34,35)31-12-16-11-23(16)8-4-6-15-5-2-3-7-19(15)23/h2-3,5,7,9-10,14,16,31H,4,6,8,11-13H2,1H3,(H,29,30)/t16-,23+/m0/s1. The summed E-state index contributed by atoms with van der Waals surface area (Å²) in [6.07, 6.45) is 0.839. The second-order valence-corrected chi connectivity index (χ2v) is 11.6. The molecule has 0 saturated heterocycles. The van der Waals surface area contributed by atoms with Crippen LogP contribution < -0.4 is 10.0 Å². The Morgan fingerprint density at radius 3 is 2.75 bits per heavy atom. The van der Waals surface area contributed by atoms with Crippen LogP contribution in [-0.2, 0) is 41.6 Å². The number of aryl methyl sites for hydroxylation is 2. The van der Waals surface area contributed by atoms with E-state index < -0.39 is 21.9 Å². The van der Waals surface area contributed by atoms with Crippen LogP contribution >= 0.6 is 11.6 Å². The number of aromatic nitrogens is 3. The average Bonchev–Trinajstić information content (AvgIpc) is 3.37. The van der Waals surface area contributed by atoms with Crippen LogP contribution in [0, 0.1) is 5.92 Å². The molecule has 0 aliphatic heterocycles. The van der Waals surface area contributed by atoms with Gasteiger partial charge in [-0.2, -0.15) is 18.3 Å². The fraction of sp³-hybridized carbons (Fsp3) is 0.417. The molecule has 2 aliphatic carbocycles. The van der Waals surface area contributed by atoms with Crippen molar-refractivity contribution >= 4 is 27.4 Å². The summed E-state index contributed by atoms with van der Waals surface area (Å²) in [6.45, 7) is 0.266. The third kappa shape index (κ3) is 4.71. The van der Waals surface area contributed by atoms with Crippen LogP contribution in [-0.4, -0.2) is 29.7 Å². The van der Waals surface area contributed by atoms with Crippen LogP contribution in [0.25, 0.3) is 0 Å². The SMILES string of the molecule is Cn1nc(CNc2ncc(S(=O)(=O)NC[C@@H]3C[C@]34CCCc3ccccc34)cc2Cl)cc1C(F)(F)F. The number of halogens is 4. The van der Waals surface area contributed by atoms with E-state index in [2.05, 4.69) is 32.3 Å². The zero-order chi connectivity index (χ0) is 25.7. The molecule has 0 amide bonds. The summed E-state index contributed by atoms with van der Waals surface area (Å²) in [5.74, 6) is 0.382. The van der Waals surface area contributed by atoms with Crippen molar-refractivity contribution in [3.63, 3.8) is 0 Å². The van der Waals surface area contributed by atoms with Crippen molar-refractivity contribution in [1.82, 2.24) is 19.5 Å². The maximum Gasteiger partial charge on any atom is 0.433 e. The lowest BCUT2D eigenvalue weighted by molar-refractivity contribution is -0.143. The number of pyridine rings is 1. The quantitative estimate of drug-likeness (QED) is 0.455. The van der Waals surface area contributed by atoms with Gasteiger partial charge in [-0.05, 0) is 54.9 Å². The Hall–Kier alpha value is -2.63. The Morgan fingerprint density at radius 1 is 1.25 bits per heavy atom. The molecule has 192 valence electrons. The fourth-order valence-corrected chi connectivity index (χ4v) is 6.63. The van der Waals surface area contributed by atoms with Crippen LogP contribution in [0.15, 0.2) is 47.5 Å². The number of nitrogens with zero attached hydrogens (tertiary/aromatic N) is 3. The molecule has 1 spiro atoms. The van der Waals surface area contributed by atoms with Gasteiger partial charge in [-0.15, -0.1) is 0 Å². The third-order valence-electron chi connectivity index (χ3n) is 7.16. The summed E-state index contributed by atoms with van der Waals surface area (Å²) >= 11 is 6.24. The van der Waals surface area contributed by atoms with E-state index in [-0.39, 0.29) is 39.3 Å². The predicted molar refractivity (Wildman–Crippen MR) is 129 cm³/mol. The van der Waals surface area contributed by atoms with E-state index in [1.807, 2.05) is 12.1 Å². The van der Waals surface area contributed by atoms with Crippen molar-refractivity contribution in [2.45, 2.75) is 48.7 Å². The molecule has 2 heterocycles. The Balaban J connectivity index is 1.22. The second-order valence-electron chi connectivity index (χ2n) is 9.42. The third-order valence-corrected chi connectivity index (χ3v) is 8.84. The first kappa shape index (κ1) is 25.0. The molecule has 0 unspecified atom stereocenters. The number of rotatable bonds is 7. The summed E-state index contributed by atoms with van der Waals surface area (Å²) < 4.78 is 68.1. The van der Waals surface area contributed by atoms with Crippen LogP contribution in [0.5, 0.6) is 0 Å². The summed E-state index contributed by atoms with van der Waals surface area (Å²) in [5.41, 5.74) is 2.02. The number of benzene rings is 1. The van der Waals surface area contributed by atoms with Crippen molar-refractivity contribution < 1.29 is 21.6 Å². The maximum atomic E-state index is 13.0. The molecule has 1 saturated carbocycles. The average molecular weight is 540 g/mol. The number of fused-ring (bicyclic) bond motifs is 2. The molecule has 5 rings (SSSR count). The summed E-state index contributed by atoms with van der Waals surface area (Å²) in [7, 11) is -2.63. The van der Waals surface area contributed by atoms with Gasteiger partial charge in [-0.3, -0.25) is 4.68 Å². The van der Waals surface area contributed by atoms with Crippen LogP contribution in [0.4, 0.5) is 19.0 Å². The van der Waals surface area contributed by atoms with Gasteiger partial charge in [0.15, 0.2) is 0 Å². The van der Waals surface area contributed by atoms with Gasteiger partial charge in [-0.25, -0.2) is 18.1 Å². The van der Waals surface area contributed by atoms with Crippen molar-refractivity contribution in [3.8, 4) is 0 Å². The molecule has 12 heteroatoms. The summed E-state index contributed by atoms with van der Waals surface area (Å²) in [5, 5.41) is 6.68. The molecular formula is C24H25ClF3N5O2S. The molecule has 0 bridgehead atoms. The molecule has 36 heavy (non-hydrogen) atoms. The van der Waals surface area contributed by atoms with Crippen LogP contribution in [0.1, 0.15) is 41.8 Å². The lowest BCUT2D eigenvalue weighted by atomic mass is 9.79. The minimum absolute atomic E-state index is 0.0361. The first-order chi connectivity index (χ1) is 17.0. The molecule has 2 atom stereocenters. The van der Waals surface area contributed by atoms with Gasteiger partial charge in [0.2, 0.25) is 10.0 Å². The highest BCUT2D eigenvalue weighted by molar-refractivity contribution is 7.89. The fourth-order valence-electron chi connectivity index (χ4n) is 5.28. The molecule has 0 radical (unpaired) electrons. The largest absolute Gasteiger partial charge is 0.433 e. The van der Waals surface area contributed by atoms with Gasteiger partial charge in [-0.1, -0.05) is 35.9 Å². The molecular weight excluding hydrogens is 515 g/mol. The first-order valence-corrected chi connectivity index (χ1v) is 13.4. The second kappa shape index (κ2) is 9.04.